The molecule has 3 nitrogen and oxygen atoms in total. The monoisotopic (exact) mass is 370 g/mol. The van der Waals surface area contributed by atoms with E-state index in [0.717, 1.165) is 15.7 Å². The van der Waals surface area contributed by atoms with Crippen LogP contribution in [-0.4, -0.2) is 24.3 Å². The number of esters is 1. The van der Waals surface area contributed by atoms with Gasteiger partial charge in [-0.1, -0.05) is 54.2 Å². The summed E-state index contributed by atoms with van der Waals surface area (Å²) in [6, 6.07) is 19.2. The van der Waals surface area contributed by atoms with E-state index in [2.05, 4.69) is 4.74 Å². The van der Waals surface area contributed by atoms with E-state index in [-0.39, 0.29) is 18.7 Å². The van der Waals surface area contributed by atoms with Crippen LogP contribution in [0.15, 0.2) is 70.5 Å². The number of carbonyl (C=O) groups excluding carboxylic acids is 1. The first-order valence-electron chi connectivity index (χ1n) is 8.28. The molecule has 1 unspecified atom stereocenters. The highest BCUT2D eigenvalue weighted by Gasteiger charge is 2.17. The molecule has 3 rings (SSSR count). The molecule has 134 valence electrons. The average Bonchev–Trinajstić information content (AvgIpc) is 2.67. The smallest absolute Gasteiger partial charge is 0.334 e. The van der Waals surface area contributed by atoms with Gasteiger partial charge in [-0.15, -0.1) is 0 Å². The van der Waals surface area contributed by atoms with Crippen molar-refractivity contribution in [3.05, 3.63) is 72.0 Å². The first-order chi connectivity index (χ1) is 12.6. The lowest BCUT2D eigenvalue weighted by Gasteiger charge is -2.11. The largest absolute Gasteiger partial charge is 0.467 e. The Bertz CT molecular complexity index is 926. The lowest BCUT2D eigenvalue weighted by molar-refractivity contribution is -0.150. The Morgan fingerprint density at radius 2 is 1.88 bits per heavy atom. The Morgan fingerprint density at radius 3 is 2.65 bits per heavy atom. The molecule has 1 atom stereocenters. The van der Waals surface area contributed by atoms with Crippen molar-refractivity contribution in [2.24, 2.45) is 0 Å². The van der Waals surface area contributed by atoms with E-state index in [9.17, 15) is 14.3 Å². The van der Waals surface area contributed by atoms with Crippen LogP contribution in [0.1, 0.15) is 12.0 Å². The van der Waals surface area contributed by atoms with E-state index in [1.165, 1.54) is 18.9 Å². The van der Waals surface area contributed by atoms with E-state index in [1.807, 2.05) is 42.5 Å². The number of aliphatic hydroxyl groups excluding tert-OH is 1. The Labute approximate surface area is 155 Å². The normalized spacial score (nSPS) is 12.1. The summed E-state index contributed by atoms with van der Waals surface area (Å²) < 4.78 is 19.3. The number of halogens is 1. The fraction of sp³-hybridized carbons (Fsp3) is 0.190. The van der Waals surface area contributed by atoms with Gasteiger partial charge in [0.15, 0.2) is 6.10 Å². The zero-order chi connectivity index (χ0) is 18.5. The van der Waals surface area contributed by atoms with E-state index in [4.69, 9.17) is 0 Å². The molecule has 0 aliphatic rings. The molecule has 0 aliphatic carbocycles. The lowest BCUT2D eigenvalue weighted by atomic mass is 10.1. The number of aliphatic hydroxyl groups is 1. The van der Waals surface area contributed by atoms with Gasteiger partial charge in [-0.2, -0.15) is 0 Å². The maximum Gasteiger partial charge on any atom is 0.334 e. The maximum atomic E-state index is 14.8. The minimum atomic E-state index is -1.24. The molecule has 0 spiro atoms. The van der Waals surface area contributed by atoms with Crippen molar-refractivity contribution in [1.82, 2.24) is 0 Å². The van der Waals surface area contributed by atoms with Gasteiger partial charge in [0, 0.05) is 9.79 Å². The highest BCUT2D eigenvalue weighted by atomic mass is 32.2. The number of rotatable bonds is 6. The van der Waals surface area contributed by atoms with Gasteiger partial charge in [-0.25, -0.2) is 9.18 Å². The van der Waals surface area contributed by atoms with Crippen LogP contribution in [0.5, 0.6) is 0 Å². The van der Waals surface area contributed by atoms with Crippen LogP contribution in [0.4, 0.5) is 4.39 Å². The zero-order valence-electron chi connectivity index (χ0n) is 14.3. The number of hydrogen-bond acceptors (Lipinski definition) is 4. The fourth-order valence-electron chi connectivity index (χ4n) is 2.73. The number of methoxy groups -OCH3 is 1. The van der Waals surface area contributed by atoms with Crippen LogP contribution in [0.25, 0.3) is 10.8 Å². The summed E-state index contributed by atoms with van der Waals surface area (Å²) in [5.74, 6) is -1.02. The third-order valence-corrected chi connectivity index (χ3v) is 5.18. The summed E-state index contributed by atoms with van der Waals surface area (Å²) in [6.45, 7) is 0. The lowest BCUT2D eigenvalue weighted by Crippen LogP contribution is -2.22. The van der Waals surface area contributed by atoms with Crippen LogP contribution in [0, 0.1) is 5.82 Å². The molecule has 0 radical (unpaired) electrons. The highest BCUT2D eigenvalue weighted by molar-refractivity contribution is 7.99. The molecule has 26 heavy (non-hydrogen) atoms. The van der Waals surface area contributed by atoms with E-state index < -0.39 is 12.1 Å². The highest BCUT2D eigenvalue weighted by Crippen LogP contribution is 2.33. The van der Waals surface area contributed by atoms with Crippen molar-refractivity contribution in [3.63, 3.8) is 0 Å². The molecule has 0 bridgehead atoms. The summed E-state index contributed by atoms with van der Waals surface area (Å²) in [5, 5.41) is 11.9. The summed E-state index contributed by atoms with van der Waals surface area (Å²) in [7, 11) is 1.22. The van der Waals surface area contributed by atoms with Gasteiger partial charge >= 0.3 is 5.97 Å². The third-order valence-electron chi connectivity index (χ3n) is 4.15. The van der Waals surface area contributed by atoms with Crippen molar-refractivity contribution in [2.45, 2.75) is 28.7 Å². The third kappa shape index (κ3) is 4.23. The summed E-state index contributed by atoms with van der Waals surface area (Å²) in [6.07, 6.45) is -0.863. The maximum absolute atomic E-state index is 14.8. The predicted octanol–water partition coefficient (Wildman–Crippen LogP) is 4.60. The van der Waals surface area contributed by atoms with Gasteiger partial charge in [-0.05, 0) is 47.4 Å². The minimum Gasteiger partial charge on any atom is -0.467 e. The van der Waals surface area contributed by atoms with Gasteiger partial charge in [0.05, 0.1) is 7.11 Å². The van der Waals surface area contributed by atoms with Crippen LogP contribution in [0.2, 0.25) is 0 Å². The quantitative estimate of drug-likeness (QED) is 0.645. The molecule has 0 heterocycles. The Kier molecular flexibility index (Phi) is 5.91. The number of fused-ring (bicyclic) bond motifs is 1. The van der Waals surface area contributed by atoms with Gasteiger partial charge in [0.25, 0.3) is 0 Å². The molecule has 0 aromatic heterocycles. The fourth-order valence-corrected chi connectivity index (χ4v) is 3.68. The molecule has 0 fully saturated rings. The van der Waals surface area contributed by atoms with Gasteiger partial charge < -0.3 is 9.84 Å². The van der Waals surface area contributed by atoms with Gasteiger partial charge in [0.1, 0.15) is 5.82 Å². The zero-order valence-corrected chi connectivity index (χ0v) is 15.1. The number of ether oxygens (including phenoxy) is 1. The average molecular weight is 370 g/mol. The SMILES string of the molecule is COC(=O)C(O)CCc1cccc(Sc2ccc3ccccc3c2)c1F. The van der Waals surface area contributed by atoms with Crippen molar-refractivity contribution < 1.29 is 19.0 Å². The number of benzene rings is 3. The molecular weight excluding hydrogens is 351 g/mol. The Balaban J connectivity index is 1.76. The molecule has 0 saturated heterocycles. The molecule has 3 aromatic carbocycles. The second-order valence-corrected chi connectivity index (χ2v) is 7.03. The summed E-state index contributed by atoms with van der Waals surface area (Å²) in [5.41, 5.74) is 0.471. The molecular formula is C21H19FO3S. The van der Waals surface area contributed by atoms with Crippen molar-refractivity contribution in [2.75, 3.05) is 7.11 Å². The molecule has 0 aliphatic heterocycles. The second-order valence-electron chi connectivity index (χ2n) is 5.92. The van der Waals surface area contributed by atoms with E-state index in [0.29, 0.717) is 10.5 Å². The first kappa shape index (κ1) is 18.4. The second kappa shape index (κ2) is 8.34. The molecule has 0 saturated carbocycles. The van der Waals surface area contributed by atoms with Crippen LogP contribution < -0.4 is 0 Å². The predicted molar refractivity (Wildman–Crippen MR) is 101 cm³/mol. The number of hydrogen-bond donors (Lipinski definition) is 1. The standard InChI is InChI=1S/C21H19FO3S/c1-25-21(24)18(23)12-10-15-7-4-8-19(20(15)22)26-17-11-9-14-5-2-3-6-16(14)13-17/h2-9,11,13,18,23H,10,12H2,1H3. The van der Waals surface area contributed by atoms with E-state index >= 15 is 0 Å². The van der Waals surface area contributed by atoms with Crippen LogP contribution >= 0.6 is 11.8 Å². The van der Waals surface area contributed by atoms with Crippen molar-refractivity contribution in [1.29, 1.82) is 0 Å². The number of aryl methyl sites for hydroxylation is 1. The van der Waals surface area contributed by atoms with E-state index in [1.54, 1.807) is 18.2 Å². The van der Waals surface area contributed by atoms with Crippen molar-refractivity contribution >= 4 is 28.5 Å². The van der Waals surface area contributed by atoms with Gasteiger partial charge in [0.2, 0.25) is 0 Å². The molecule has 1 N–H and O–H groups in total. The molecule has 0 amide bonds. The Hall–Kier alpha value is -2.37. The topological polar surface area (TPSA) is 46.5 Å². The van der Waals surface area contributed by atoms with Gasteiger partial charge in [-0.3, -0.25) is 0 Å². The van der Waals surface area contributed by atoms with Crippen LogP contribution in [-0.2, 0) is 16.0 Å². The minimum absolute atomic E-state index is 0.119. The number of carbonyl (C=O) groups is 1. The van der Waals surface area contributed by atoms with Crippen molar-refractivity contribution in [3.8, 4) is 0 Å². The summed E-state index contributed by atoms with van der Waals surface area (Å²) in [4.78, 5) is 12.7. The first-order valence-corrected chi connectivity index (χ1v) is 9.10. The van der Waals surface area contributed by atoms with Crippen LogP contribution in [0.3, 0.4) is 0 Å². The Morgan fingerprint density at radius 1 is 1.12 bits per heavy atom. The summed E-state index contributed by atoms with van der Waals surface area (Å²) >= 11 is 1.36. The molecule has 3 aromatic rings. The molecule has 5 heteroatoms.